The molecule has 0 saturated carbocycles. The van der Waals surface area contributed by atoms with Gasteiger partial charge < -0.3 is 15.5 Å². The Bertz CT molecular complexity index is 1110. The predicted octanol–water partition coefficient (Wildman–Crippen LogP) is 2.63. The lowest BCUT2D eigenvalue weighted by molar-refractivity contribution is 0.190. The number of carbonyl (C=O) groups is 2. The summed E-state index contributed by atoms with van der Waals surface area (Å²) in [4.78, 5) is 29.3. The van der Waals surface area contributed by atoms with Crippen LogP contribution in [0.2, 0.25) is 0 Å². The van der Waals surface area contributed by atoms with Crippen LogP contribution in [0.25, 0.3) is 0 Å². The second-order valence-electron chi connectivity index (χ2n) is 7.39. The number of allylic oxidation sites excluding steroid dienone is 1. The van der Waals surface area contributed by atoms with E-state index in [9.17, 15) is 9.59 Å². The number of ether oxygens (including phenoxy) is 1. The van der Waals surface area contributed by atoms with Crippen LogP contribution in [-0.2, 0) is 6.54 Å². The van der Waals surface area contributed by atoms with Crippen LogP contribution in [0.3, 0.4) is 0 Å². The monoisotopic (exact) mass is 481 g/mol. The number of nitrogens with one attached hydrogen (secondary N) is 4. The summed E-state index contributed by atoms with van der Waals surface area (Å²) in [7, 11) is 1.36. The van der Waals surface area contributed by atoms with Gasteiger partial charge >= 0.3 is 12.1 Å². The summed E-state index contributed by atoms with van der Waals surface area (Å²) >= 11 is 6.36. The Hall–Kier alpha value is -4.07. The second kappa shape index (κ2) is 11.7. The molecule has 10 nitrogen and oxygen atoms in total. The number of aryl methyl sites for hydroxylation is 1. The van der Waals surface area contributed by atoms with Crippen LogP contribution in [0.15, 0.2) is 66.5 Å². The largest absolute Gasteiger partial charge is 0.468 e. The van der Waals surface area contributed by atoms with Gasteiger partial charge in [0.15, 0.2) is 0 Å². The highest BCUT2D eigenvalue weighted by molar-refractivity contribution is 6.22. The van der Waals surface area contributed by atoms with Crippen LogP contribution in [0.1, 0.15) is 16.7 Å². The van der Waals surface area contributed by atoms with E-state index in [-0.39, 0.29) is 0 Å². The minimum Gasteiger partial charge on any atom is -0.468 e. The van der Waals surface area contributed by atoms with Crippen LogP contribution < -0.4 is 26.4 Å². The van der Waals surface area contributed by atoms with E-state index in [2.05, 4.69) is 26.7 Å². The first-order valence-electron chi connectivity index (χ1n) is 10.3. The molecule has 2 aromatic rings. The highest BCUT2D eigenvalue weighted by atomic mass is 35.5. The van der Waals surface area contributed by atoms with Crippen molar-refractivity contribution in [3.05, 3.63) is 83.2 Å². The highest BCUT2D eigenvalue weighted by Gasteiger charge is 2.21. The average Bonchev–Trinajstić information content (AvgIpc) is 2.85. The van der Waals surface area contributed by atoms with Gasteiger partial charge in [0.25, 0.3) is 0 Å². The zero-order chi connectivity index (χ0) is 24.5. The van der Waals surface area contributed by atoms with Crippen molar-refractivity contribution in [3.63, 3.8) is 0 Å². The number of nitriles is 1. The molecule has 176 valence electrons. The maximum Gasteiger partial charge on any atom is 0.341 e. The van der Waals surface area contributed by atoms with Gasteiger partial charge in [-0.15, -0.1) is 17.1 Å². The molecule has 4 N–H and O–H groups in total. The summed E-state index contributed by atoms with van der Waals surface area (Å²) in [5.74, 6) is 0.346. The van der Waals surface area contributed by atoms with Crippen LogP contribution in [0.4, 0.5) is 9.59 Å². The lowest BCUT2D eigenvalue weighted by atomic mass is 10.1. The molecule has 0 bridgehead atoms. The molecule has 2 unspecified atom stereocenters. The first-order valence-corrected chi connectivity index (χ1v) is 10.7. The second-order valence-corrected chi connectivity index (χ2v) is 7.89. The molecule has 4 amide bonds. The Labute approximate surface area is 202 Å². The maximum atomic E-state index is 12.2. The molecule has 1 aromatic carbocycles. The molecule has 0 spiro atoms. The number of hydrogen-bond acceptors (Lipinski definition) is 7. The zero-order valence-corrected chi connectivity index (χ0v) is 19.3. The van der Waals surface area contributed by atoms with Crippen molar-refractivity contribution in [3.8, 4) is 11.9 Å². The van der Waals surface area contributed by atoms with Crippen LogP contribution in [0, 0.1) is 18.3 Å². The Kier molecular flexibility index (Phi) is 8.45. The van der Waals surface area contributed by atoms with Crippen molar-refractivity contribution >= 4 is 23.7 Å². The molecule has 0 aliphatic heterocycles. The van der Waals surface area contributed by atoms with Crippen molar-refractivity contribution < 1.29 is 14.3 Å². The van der Waals surface area contributed by atoms with Gasteiger partial charge in [0.05, 0.1) is 10.9 Å². The fourth-order valence-corrected chi connectivity index (χ4v) is 3.08. The molecule has 0 saturated heterocycles. The summed E-state index contributed by atoms with van der Waals surface area (Å²) in [6.07, 6.45) is 6.08. The summed E-state index contributed by atoms with van der Waals surface area (Å²) in [5.41, 5.74) is 10.8. The zero-order valence-electron chi connectivity index (χ0n) is 18.6. The summed E-state index contributed by atoms with van der Waals surface area (Å²) < 4.78 is 5.72. The number of pyridine rings is 1. The molecule has 11 heteroatoms. The summed E-state index contributed by atoms with van der Waals surface area (Å²) in [6.45, 7) is 2.29. The fraction of sp³-hybridized carbons (Fsp3) is 0.217. The van der Waals surface area contributed by atoms with Gasteiger partial charge in [0.2, 0.25) is 5.88 Å². The first-order chi connectivity index (χ1) is 16.4. The Morgan fingerprint density at radius 1 is 1.21 bits per heavy atom. The van der Waals surface area contributed by atoms with Gasteiger partial charge in [0.1, 0.15) is 12.2 Å². The molecule has 2 atom stereocenters. The lowest BCUT2D eigenvalue weighted by Crippen LogP contribution is -2.53. The SMILES string of the molecule is Cc1ccc(CNC(=O)N(C)C(=O)NNNC2=CC(Cl)C(Oc3ccc(C#N)cn3)C=C2)cc1. The minimum atomic E-state index is -0.662. The number of alkyl halides is 1. The molecule has 1 aliphatic rings. The van der Waals surface area contributed by atoms with Gasteiger partial charge in [-0.3, -0.25) is 5.43 Å². The molecule has 34 heavy (non-hydrogen) atoms. The quantitative estimate of drug-likeness (QED) is 0.353. The van der Waals surface area contributed by atoms with E-state index < -0.39 is 23.5 Å². The van der Waals surface area contributed by atoms with E-state index in [1.165, 1.54) is 13.2 Å². The van der Waals surface area contributed by atoms with Crippen molar-refractivity contribution in [1.82, 2.24) is 31.6 Å². The van der Waals surface area contributed by atoms with Crippen molar-refractivity contribution in [1.29, 1.82) is 5.26 Å². The van der Waals surface area contributed by atoms with Gasteiger partial charge in [-0.05, 0) is 36.8 Å². The Morgan fingerprint density at radius 2 is 1.97 bits per heavy atom. The number of nitrogens with zero attached hydrogens (tertiary/aromatic N) is 3. The number of aromatic nitrogens is 1. The molecule has 1 aliphatic carbocycles. The number of carbonyl (C=O) groups excluding carboxylic acids is 2. The third-order valence-electron chi connectivity index (χ3n) is 4.79. The molecular formula is C23H24ClN7O3. The van der Waals surface area contributed by atoms with Gasteiger partial charge in [-0.2, -0.15) is 5.26 Å². The molecule has 0 radical (unpaired) electrons. The molecular weight excluding hydrogens is 458 g/mol. The van der Waals surface area contributed by atoms with E-state index in [1.807, 2.05) is 37.3 Å². The van der Waals surface area contributed by atoms with Crippen LogP contribution in [0.5, 0.6) is 5.88 Å². The van der Waals surface area contributed by atoms with E-state index in [1.54, 1.807) is 30.4 Å². The van der Waals surface area contributed by atoms with Crippen LogP contribution in [-0.4, -0.2) is 40.5 Å². The van der Waals surface area contributed by atoms with Crippen molar-refractivity contribution in [2.45, 2.75) is 24.9 Å². The van der Waals surface area contributed by atoms with Crippen molar-refractivity contribution in [2.75, 3.05) is 7.05 Å². The smallest absolute Gasteiger partial charge is 0.341 e. The number of benzene rings is 1. The van der Waals surface area contributed by atoms with E-state index >= 15 is 0 Å². The van der Waals surface area contributed by atoms with Gasteiger partial charge in [0, 0.05) is 31.6 Å². The van der Waals surface area contributed by atoms with Crippen molar-refractivity contribution in [2.24, 2.45) is 0 Å². The number of hydrazine groups is 2. The molecule has 0 fully saturated rings. The lowest BCUT2D eigenvalue weighted by Gasteiger charge is -2.23. The topological polar surface area (TPSA) is 131 Å². The highest BCUT2D eigenvalue weighted by Crippen LogP contribution is 2.20. The standard InChI is InChI=1S/C23H24ClN7O3/c1-15-3-5-16(6-4-15)13-27-22(32)31(2)23(33)29-30-28-18-8-9-20(19(24)11-18)34-21-10-7-17(12-25)14-26-21/h3-11,14,19-20,28,30H,13H2,1-2H3,(H,27,32)(H,29,33). The van der Waals surface area contributed by atoms with Gasteiger partial charge in [-0.1, -0.05) is 29.8 Å². The Balaban J connectivity index is 1.40. The normalized spacial score (nSPS) is 16.6. The molecule has 3 rings (SSSR count). The van der Waals surface area contributed by atoms with Gasteiger partial charge in [-0.25, -0.2) is 19.5 Å². The number of amides is 4. The van der Waals surface area contributed by atoms with E-state index in [4.69, 9.17) is 21.6 Å². The number of rotatable bonds is 7. The first kappa shape index (κ1) is 24.6. The summed E-state index contributed by atoms with van der Waals surface area (Å²) in [6, 6.07) is 11.7. The maximum absolute atomic E-state index is 12.2. The summed E-state index contributed by atoms with van der Waals surface area (Å²) in [5, 5.41) is 11.0. The molecule has 1 aromatic heterocycles. The number of urea groups is 2. The third-order valence-corrected chi connectivity index (χ3v) is 5.16. The minimum absolute atomic E-state index is 0.304. The molecule has 1 heterocycles. The van der Waals surface area contributed by atoms with Crippen LogP contribution >= 0.6 is 11.6 Å². The Morgan fingerprint density at radius 3 is 2.62 bits per heavy atom. The predicted molar refractivity (Wildman–Crippen MR) is 126 cm³/mol. The van der Waals surface area contributed by atoms with E-state index in [0.717, 1.165) is 16.0 Å². The number of hydrogen-bond donors (Lipinski definition) is 4. The van der Waals surface area contributed by atoms with E-state index in [0.29, 0.717) is 23.7 Å². The number of halogens is 1. The number of imide groups is 1. The average molecular weight is 482 g/mol. The third kappa shape index (κ3) is 6.96. The fourth-order valence-electron chi connectivity index (χ4n) is 2.80.